The smallest absolute Gasteiger partial charge is 0.341 e. The van der Waals surface area contributed by atoms with Crippen molar-refractivity contribution < 1.29 is 24.0 Å². The minimum Gasteiger partial charge on any atom is -0.462 e. The lowest BCUT2D eigenvalue weighted by Gasteiger charge is -2.23. The summed E-state index contributed by atoms with van der Waals surface area (Å²) in [5.74, 6) is -0.510. The van der Waals surface area contributed by atoms with Crippen LogP contribution in [0.3, 0.4) is 0 Å². The molecule has 3 rings (SSSR count). The van der Waals surface area contributed by atoms with E-state index in [4.69, 9.17) is 9.47 Å². The van der Waals surface area contributed by atoms with Crippen molar-refractivity contribution in [1.29, 1.82) is 0 Å². The first kappa shape index (κ1) is 20.5. The highest BCUT2D eigenvalue weighted by atomic mass is 32.1. The lowest BCUT2D eigenvalue weighted by Crippen LogP contribution is -3.15. The highest BCUT2D eigenvalue weighted by Gasteiger charge is 2.25. The van der Waals surface area contributed by atoms with Crippen LogP contribution in [-0.2, 0) is 14.3 Å². The van der Waals surface area contributed by atoms with Gasteiger partial charge in [0.2, 0.25) is 0 Å². The van der Waals surface area contributed by atoms with Gasteiger partial charge in [0.05, 0.1) is 19.8 Å². The molecule has 2 aromatic rings. The molecule has 28 heavy (non-hydrogen) atoms. The Kier molecular flexibility index (Phi) is 6.83. The standard InChI is InChI=1S/C21H26N2O4S/c1-4-27-21(25)19-17(16-6-5-14(2)11-15(16)3)13-28-20(19)22-18(24)12-23-7-9-26-10-8-23/h5-6,11,13H,4,7-10,12H2,1-3H3,(H,22,24)/p+1. The summed E-state index contributed by atoms with van der Waals surface area (Å²) in [6.07, 6.45) is 0. The molecule has 1 aromatic carbocycles. The molecule has 0 bridgehead atoms. The summed E-state index contributed by atoms with van der Waals surface area (Å²) in [6, 6.07) is 6.12. The molecule has 0 spiro atoms. The summed E-state index contributed by atoms with van der Waals surface area (Å²) in [5.41, 5.74) is 4.46. The highest BCUT2D eigenvalue weighted by molar-refractivity contribution is 7.15. The Morgan fingerprint density at radius 2 is 1.96 bits per heavy atom. The third-order valence-electron chi connectivity index (χ3n) is 4.81. The quantitative estimate of drug-likeness (QED) is 0.725. The van der Waals surface area contributed by atoms with Crippen LogP contribution in [0.25, 0.3) is 11.1 Å². The number of thiophene rings is 1. The van der Waals surface area contributed by atoms with E-state index in [1.165, 1.54) is 16.2 Å². The molecule has 7 heteroatoms. The number of quaternary nitrogens is 1. The molecule has 0 aliphatic carbocycles. The largest absolute Gasteiger partial charge is 0.462 e. The number of morpholine rings is 1. The number of nitrogens with one attached hydrogen (secondary N) is 2. The summed E-state index contributed by atoms with van der Waals surface area (Å²) in [5, 5.41) is 5.40. The van der Waals surface area contributed by atoms with E-state index in [0.717, 1.165) is 35.3 Å². The average molecular weight is 404 g/mol. The molecular formula is C21H27N2O4S+. The predicted octanol–water partition coefficient (Wildman–Crippen LogP) is 2.06. The second-order valence-corrected chi connectivity index (χ2v) is 7.86. The van der Waals surface area contributed by atoms with Crippen molar-refractivity contribution in [3.05, 3.63) is 40.3 Å². The Bertz CT molecular complexity index is 856. The van der Waals surface area contributed by atoms with Gasteiger partial charge in [0.1, 0.15) is 23.7 Å². The first-order valence-corrected chi connectivity index (χ1v) is 10.4. The van der Waals surface area contributed by atoms with Gasteiger partial charge in [-0.2, -0.15) is 0 Å². The van der Waals surface area contributed by atoms with Gasteiger partial charge in [0.25, 0.3) is 5.91 Å². The van der Waals surface area contributed by atoms with Gasteiger partial charge in [0.15, 0.2) is 6.54 Å². The molecule has 0 saturated carbocycles. The number of carbonyl (C=O) groups excluding carboxylic acids is 2. The second kappa shape index (κ2) is 9.32. The molecule has 1 aliphatic rings. The predicted molar refractivity (Wildman–Crippen MR) is 110 cm³/mol. The van der Waals surface area contributed by atoms with Gasteiger partial charge in [-0.1, -0.05) is 23.8 Å². The third kappa shape index (κ3) is 4.79. The highest BCUT2D eigenvalue weighted by Crippen LogP contribution is 2.37. The van der Waals surface area contributed by atoms with Gasteiger partial charge >= 0.3 is 5.97 Å². The maximum absolute atomic E-state index is 12.7. The van der Waals surface area contributed by atoms with Gasteiger partial charge in [-0.05, 0) is 31.9 Å². The van der Waals surface area contributed by atoms with E-state index in [-0.39, 0.29) is 12.5 Å². The number of aryl methyl sites for hydroxylation is 2. The Morgan fingerprint density at radius 1 is 1.21 bits per heavy atom. The number of carbonyl (C=O) groups is 2. The maximum Gasteiger partial charge on any atom is 0.341 e. The minimum absolute atomic E-state index is 0.100. The van der Waals surface area contributed by atoms with E-state index in [1.54, 1.807) is 6.92 Å². The van der Waals surface area contributed by atoms with Crippen LogP contribution in [0.2, 0.25) is 0 Å². The van der Waals surface area contributed by atoms with Crippen molar-refractivity contribution >= 4 is 28.2 Å². The van der Waals surface area contributed by atoms with Gasteiger partial charge < -0.3 is 19.7 Å². The summed E-state index contributed by atoms with van der Waals surface area (Å²) in [4.78, 5) is 26.4. The van der Waals surface area contributed by atoms with Crippen LogP contribution in [0, 0.1) is 13.8 Å². The molecule has 2 N–H and O–H groups in total. The molecule has 1 aliphatic heterocycles. The number of esters is 1. The number of amides is 1. The van der Waals surface area contributed by atoms with Crippen molar-refractivity contribution in [2.45, 2.75) is 20.8 Å². The van der Waals surface area contributed by atoms with Crippen molar-refractivity contribution in [2.24, 2.45) is 0 Å². The molecule has 1 amide bonds. The van der Waals surface area contributed by atoms with E-state index in [2.05, 4.69) is 11.4 Å². The molecular weight excluding hydrogens is 376 g/mol. The fourth-order valence-corrected chi connectivity index (χ4v) is 4.37. The van der Waals surface area contributed by atoms with Gasteiger partial charge in [-0.15, -0.1) is 11.3 Å². The number of rotatable bonds is 6. The van der Waals surface area contributed by atoms with Crippen LogP contribution in [0.5, 0.6) is 0 Å². The topological polar surface area (TPSA) is 69.1 Å². The van der Waals surface area contributed by atoms with E-state index < -0.39 is 5.97 Å². The fraction of sp³-hybridized carbons (Fsp3) is 0.429. The van der Waals surface area contributed by atoms with Gasteiger partial charge in [-0.25, -0.2) is 4.79 Å². The lowest BCUT2D eigenvalue weighted by molar-refractivity contribution is -0.899. The molecule has 1 aromatic heterocycles. The summed E-state index contributed by atoms with van der Waals surface area (Å²) >= 11 is 1.36. The molecule has 6 nitrogen and oxygen atoms in total. The number of hydrogen-bond donors (Lipinski definition) is 2. The number of ether oxygens (including phenoxy) is 2. The Morgan fingerprint density at radius 3 is 2.64 bits per heavy atom. The molecule has 1 fully saturated rings. The van der Waals surface area contributed by atoms with Crippen LogP contribution in [0.15, 0.2) is 23.6 Å². The SMILES string of the molecule is CCOC(=O)c1c(-c2ccc(C)cc2C)csc1NC(=O)C[NH+]1CCOCC1. The van der Waals surface area contributed by atoms with E-state index in [9.17, 15) is 9.59 Å². The average Bonchev–Trinajstić information content (AvgIpc) is 3.06. The third-order valence-corrected chi connectivity index (χ3v) is 5.70. The van der Waals surface area contributed by atoms with Crippen LogP contribution in [-0.4, -0.2) is 51.3 Å². The van der Waals surface area contributed by atoms with Gasteiger partial charge in [-0.3, -0.25) is 4.79 Å². The fourth-order valence-electron chi connectivity index (χ4n) is 3.40. The van der Waals surface area contributed by atoms with E-state index >= 15 is 0 Å². The van der Waals surface area contributed by atoms with E-state index in [0.29, 0.717) is 30.3 Å². The Balaban J connectivity index is 1.87. The van der Waals surface area contributed by atoms with Gasteiger partial charge in [0, 0.05) is 10.9 Å². The molecule has 2 heterocycles. The number of anilines is 1. The van der Waals surface area contributed by atoms with Crippen LogP contribution in [0.4, 0.5) is 5.00 Å². The zero-order valence-electron chi connectivity index (χ0n) is 16.6. The molecule has 0 atom stereocenters. The normalized spacial score (nSPS) is 14.7. The maximum atomic E-state index is 12.7. The monoisotopic (exact) mass is 403 g/mol. The number of benzene rings is 1. The van der Waals surface area contributed by atoms with Crippen molar-refractivity contribution in [3.63, 3.8) is 0 Å². The Labute approximate surface area is 169 Å². The second-order valence-electron chi connectivity index (χ2n) is 6.98. The molecule has 0 radical (unpaired) electrons. The van der Waals surface area contributed by atoms with Crippen molar-refractivity contribution in [1.82, 2.24) is 0 Å². The zero-order valence-corrected chi connectivity index (χ0v) is 17.4. The molecule has 0 unspecified atom stereocenters. The zero-order chi connectivity index (χ0) is 20.1. The number of hydrogen-bond acceptors (Lipinski definition) is 5. The van der Waals surface area contributed by atoms with Crippen LogP contribution in [0.1, 0.15) is 28.4 Å². The van der Waals surface area contributed by atoms with Crippen molar-refractivity contribution in [2.75, 3.05) is 44.8 Å². The Hall–Kier alpha value is -2.22. The first-order chi connectivity index (χ1) is 13.5. The summed E-state index contributed by atoms with van der Waals surface area (Å²) in [7, 11) is 0. The van der Waals surface area contributed by atoms with Crippen LogP contribution >= 0.6 is 11.3 Å². The summed E-state index contributed by atoms with van der Waals surface area (Å²) in [6.45, 7) is 9.47. The van der Waals surface area contributed by atoms with Crippen LogP contribution < -0.4 is 10.2 Å². The molecule has 150 valence electrons. The minimum atomic E-state index is -0.409. The lowest BCUT2D eigenvalue weighted by atomic mass is 9.97. The molecule has 1 saturated heterocycles. The first-order valence-electron chi connectivity index (χ1n) is 9.57. The summed E-state index contributed by atoms with van der Waals surface area (Å²) < 4.78 is 10.6. The van der Waals surface area contributed by atoms with E-state index in [1.807, 2.05) is 31.4 Å². The van der Waals surface area contributed by atoms with Crippen molar-refractivity contribution in [3.8, 4) is 11.1 Å².